The number of anilines is 1. The zero-order chi connectivity index (χ0) is 25.7. The second-order valence-corrected chi connectivity index (χ2v) is 8.88. The quantitative estimate of drug-likeness (QED) is 0.334. The average molecular weight is 485 g/mol. The van der Waals surface area contributed by atoms with Gasteiger partial charge in [0, 0.05) is 38.3 Å². The van der Waals surface area contributed by atoms with E-state index in [2.05, 4.69) is 16.0 Å². The highest BCUT2D eigenvalue weighted by atomic mass is 16.6. The number of hydrogen-bond donors (Lipinski definition) is 3. The van der Waals surface area contributed by atoms with Gasteiger partial charge in [-0.2, -0.15) is 0 Å². The van der Waals surface area contributed by atoms with Crippen LogP contribution in [0.2, 0.25) is 0 Å². The molecule has 0 fully saturated rings. The Morgan fingerprint density at radius 2 is 1.54 bits per heavy atom. The summed E-state index contributed by atoms with van der Waals surface area (Å²) >= 11 is 0. The van der Waals surface area contributed by atoms with Crippen molar-refractivity contribution in [2.75, 3.05) is 38.2 Å². The summed E-state index contributed by atoms with van der Waals surface area (Å²) in [7, 11) is 1.30. The van der Waals surface area contributed by atoms with Gasteiger partial charge in [-0.1, -0.05) is 48.5 Å². The number of urea groups is 1. The van der Waals surface area contributed by atoms with E-state index in [9.17, 15) is 14.4 Å². The van der Waals surface area contributed by atoms with Gasteiger partial charge in [0.05, 0.1) is 7.11 Å². The first-order valence-electron chi connectivity index (χ1n) is 11.6. The lowest BCUT2D eigenvalue weighted by molar-refractivity contribution is -0.142. The lowest BCUT2D eigenvalue weighted by atomic mass is 10.1. The van der Waals surface area contributed by atoms with Crippen molar-refractivity contribution < 1.29 is 23.9 Å². The Labute approximate surface area is 207 Å². The molecular weight excluding hydrogens is 448 g/mol. The summed E-state index contributed by atoms with van der Waals surface area (Å²) in [6.45, 7) is 7.12. The standard InChI is InChI=1S/C26H36N4O5/c1-26(2,3)35-25(33)28-16-15-27-17-18-30(21-13-9-6-10-14-21)24(32)29-22(23(31)34-4)19-20-11-7-5-8-12-20/h5-14,22,27H,15-19H2,1-4H3,(H,28,33)(H,29,32)/t22-/m0/s1. The van der Waals surface area contributed by atoms with Crippen molar-refractivity contribution in [3.8, 4) is 0 Å². The van der Waals surface area contributed by atoms with Crippen molar-refractivity contribution in [3.63, 3.8) is 0 Å². The summed E-state index contributed by atoms with van der Waals surface area (Å²) in [6, 6.07) is 17.4. The molecule has 3 N–H and O–H groups in total. The zero-order valence-electron chi connectivity index (χ0n) is 20.9. The molecular formula is C26H36N4O5. The zero-order valence-corrected chi connectivity index (χ0v) is 20.9. The molecule has 0 aliphatic heterocycles. The van der Waals surface area contributed by atoms with Crippen LogP contribution in [0.25, 0.3) is 0 Å². The van der Waals surface area contributed by atoms with Crippen LogP contribution in [-0.4, -0.2) is 63.0 Å². The third-order valence-corrected chi connectivity index (χ3v) is 4.86. The molecule has 2 aromatic carbocycles. The number of ether oxygens (including phenoxy) is 2. The molecule has 0 saturated carbocycles. The summed E-state index contributed by atoms with van der Waals surface area (Å²) in [5.74, 6) is -0.512. The minimum Gasteiger partial charge on any atom is -0.467 e. The Hall–Kier alpha value is -3.59. The van der Waals surface area contributed by atoms with Gasteiger partial charge < -0.3 is 25.4 Å². The smallest absolute Gasteiger partial charge is 0.407 e. The van der Waals surface area contributed by atoms with Crippen LogP contribution < -0.4 is 20.9 Å². The summed E-state index contributed by atoms with van der Waals surface area (Å²) in [5, 5.41) is 8.70. The van der Waals surface area contributed by atoms with Gasteiger partial charge in [-0.05, 0) is 38.5 Å². The van der Waals surface area contributed by atoms with Crippen LogP contribution in [-0.2, 0) is 20.7 Å². The molecule has 9 nitrogen and oxygen atoms in total. The molecule has 35 heavy (non-hydrogen) atoms. The lowest BCUT2D eigenvalue weighted by Gasteiger charge is -2.26. The lowest BCUT2D eigenvalue weighted by Crippen LogP contribution is -2.51. The van der Waals surface area contributed by atoms with E-state index in [0.29, 0.717) is 38.3 Å². The molecule has 0 bridgehead atoms. The monoisotopic (exact) mass is 484 g/mol. The summed E-state index contributed by atoms with van der Waals surface area (Å²) in [4.78, 5) is 38.9. The van der Waals surface area contributed by atoms with Gasteiger partial charge in [-0.3, -0.25) is 4.90 Å². The SMILES string of the molecule is COC(=O)[C@H](Cc1ccccc1)NC(=O)N(CCNCCNC(=O)OC(C)(C)C)c1ccccc1. The van der Waals surface area contributed by atoms with Crippen molar-refractivity contribution in [1.29, 1.82) is 0 Å². The van der Waals surface area contributed by atoms with Crippen molar-refractivity contribution >= 4 is 23.8 Å². The van der Waals surface area contributed by atoms with Gasteiger partial charge in [-0.15, -0.1) is 0 Å². The van der Waals surface area contributed by atoms with Crippen molar-refractivity contribution in [3.05, 3.63) is 66.2 Å². The van der Waals surface area contributed by atoms with E-state index in [0.717, 1.165) is 5.56 Å². The first-order chi connectivity index (χ1) is 16.7. The van der Waals surface area contributed by atoms with Crippen LogP contribution in [0.15, 0.2) is 60.7 Å². The number of carbonyl (C=O) groups is 3. The van der Waals surface area contributed by atoms with E-state index >= 15 is 0 Å². The number of carbonyl (C=O) groups excluding carboxylic acids is 3. The Bertz CT molecular complexity index is 932. The van der Waals surface area contributed by atoms with E-state index in [1.54, 1.807) is 25.7 Å². The fourth-order valence-electron chi connectivity index (χ4n) is 3.25. The average Bonchev–Trinajstić information content (AvgIpc) is 2.82. The minimum absolute atomic E-state index is 0.316. The topological polar surface area (TPSA) is 109 Å². The van der Waals surface area contributed by atoms with E-state index in [1.165, 1.54) is 7.11 Å². The number of alkyl carbamates (subject to hydrolysis) is 1. The van der Waals surface area contributed by atoms with Gasteiger partial charge in [0.15, 0.2) is 0 Å². The fourth-order valence-corrected chi connectivity index (χ4v) is 3.25. The van der Waals surface area contributed by atoms with Crippen molar-refractivity contribution in [2.45, 2.75) is 38.8 Å². The molecule has 3 amide bonds. The second-order valence-electron chi connectivity index (χ2n) is 8.88. The Kier molecular flexibility index (Phi) is 11.0. The van der Waals surface area contributed by atoms with Gasteiger partial charge in [-0.25, -0.2) is 14.4 Å². The maximum atomic E-state index is 13.2. The fraction of sp³-hybridized carbons (Fsp3) is 0.423. The Morgan fingerprint density at radius 1 is 0.914 bits per heavy atom. The summed E-state index contributed by atoms with van der Waals surface area (Å²) in [6.07, 6.45) is -0.159. The number of hydrogen-bond acceptors (Lipinski definition) is 6. The van der Waals surface area contributed by atoms with Gasteiger partial charge in [0.1, 0.15) is 11.6 Å². The molecule has 0 aromatic heterocycles. The number of methoxy groups -OCH3 is 1. The summed E-state index contributed by atoms with van der Waals surface area (Å²) in [5.41, 5.74) is 1.06. The number of nitrogens with one attached hydrogen (secondary N) is 3. The highest BCUT2D eigenvalue weighted by Crippen LogP contribution is 2.14. The molecule has 0 heterocycles. The number of benzene rings is 2. The van der Waals surface area contributed by atoms with Crippen molar-refractivity contribution in [1.82, 2.24) is 16.0 Å². The predicted octanol–water partition coefficient (Wildman–Crippen LogP) is 3.10. The van der Waals surface area contributed by atoms with E-state index in [1.807, 2.05) is 60.7 Å². The number of nitrogens with zero attached hydrogens (tertiary/aromatic N) is 1. The largest absolute Gasteiger partial charge is 0.467 e. The highest BCUT2D eigenvalue weighted by molar-refractivity contribution is 5.94. The van der Waals surface area contributed by atoms with Crippen LogP contribution in [0, 0.1) is 0 Å². The van der Waals surface area contributed by atoms with E-state index in [-0.39, 0.29) is 0 Å². The molecule has 2 aromatic rings. The van der Waals surface area contributed by atoms with Gasteiger partial charge in [0.25, 0.3) is 0 Å². The van der Waals surface area contributed by atoms with E-state index < -0.39 is 29.7 Å². The third kappa shape index (κ3) is 10.5. The Balaban J connectivity index is 1.95. The Morgan fingerprint density at radius 3 is 2.14 bits per heavy atom. The van der Waals surface area contributed by atoms with Crippen LogP contribution in [0.4, 0.5) is 15.3 Å². The molecule has 2 rings (SSSR count). The molecule has 1 atom stereocenters. The number of esters is 1. The van der Waals surface area contributed by atoms with E-state index in [4.69, 9.17) is 9.47 Å². The number of amides is 3. The van der Waals surface area contributed by atoms with Crippen molar-refractivity contribution in [2.24, 2.45) is 0 Å². The molecule has 0 aliphatic rings. The van der Waals surface area contributed by atoms with Gasteiger partial charge in [0.2, 0.25) is 0 Å². The van der Waals surface area contributed by atoms with Crippen LogP contribution >= 0.6 is 0 Å². The normalized spacial score (nSPS) is 11.8. The number of para-hydroxylation sites is 1. The molecule has 0 unspecified atom stereocenters. The van der Waals surface area contributed by atoms with Crippen LogP contribution in [0.5, 0.6) is 0 Å². The third-order valence-electron chi connectivity index (χ3n) is 4.86. The van der Waals surface area contributed by atoms with Gasteiger partial charge >= 0.3 is 18.1 Å². The molecule has 9 heteroatoms. The first-order valence-corrected chi connectivity index (χ1v) is 11.6. The second kappa shape index (κ2) is 14.0. The van der Waals surface area contributed by atoms with Crippen LogP contribution in [0.1, 0.15) is 26.3 Å². The maximum absolute atomic E-state index is 13.2. The molecule has 0 spiro atoms. The summed E-state index contributed by atoms with van der Waals surface area (Å²) < 4.78 is 10.1. The minimum atomic E-state index is -0.827. The molecule has 0 saturated heterocycles. The highest BCUT2D eigenvalue weighted by Gasteiger charge is 2.25. The van der Waals surface area contributed by atoms with Crippen LogP contribution in [0.3, 0.4) is 0 Å². The maximum Gasteiger partial charge on any atom is 0.407 e. The molecule has 190 valence electrons. The molecule has 0 radical (unpaired) electrons. The first kappa shape index (κ1) is 27.7. The number of rotatable bonds is 11. The molecule has 0 aliphatic carbocycles. The predicted molar refractivity (Wildman–Crippen MR) is 135 cm³/mol.